The summed E-state index contributed by atoms with van der Waals surface area (Å²) < 4.78 is 5.43. The van der Waals surface area contributed by atoms with Gasteiger partial charge in [-0.25, -0.2) is 0 Å². The molecule has 2 aromatic rings. The van der Waals surface area contributed by atoms with Gasteiger partial charge in [-0.05, 0) is 51.2 Å². The normalized spacial score (nSPS) is 24.7. The molecule has 4 rings (SSSR count). The minimum atomic E-state index is -0.505. The molecule has 1 aliphatic heterocycles. The number of pyridine rings is 1. The second-order valence-corrected chi connectivity index (χ2v) is 6.65. The lowest BCUT2D eigenvalue weighted by Gasteiger charge is -2.42. The van der Waals surface area contributed by atoms with Crippen LogP contribution in [0.4, 0.5) is 0 Å². The fourth-order valence-electron chi connectivity index (χ4n) is 3.28. The first-order valence-electron chi connectivity index (χ1n) is 8.24. The van der Waals surface area contributed by atoms with E-state index in [-0.39, 0.29) is 5.91 Å². The van der Waals surface area contributed by atoms with Crippen molar-refractivity contribution in [2.45, 2.75) is 50.5 Å². The highest BCUT2D eigenvalue weighted by Gasteiger charge is 2.44. The Morgan fingerprint density at radius 3 is 2.83 bits per heavy atom. The number of piperidine rings is 1. The summed E-state index contributed by atoms with van der Waals surface area (Å²) in [6.07, 6.45) is 8.45. The molecule has 1 saturated heterocycles. The maximum absolute atomic E-state index is 13.0. The standard InChI is InChI=1S/C17H20N4O2/c1-17(16-19-14(23-20-16)12-4-5-12)8-2-3-11-21(17)15(22)13-6-9-18-10-7-13/h6-7,9-10,12H,2-5,8,11H2,1H3. The number of hydrogen-bond acceptors (Lipinski definition) is 5. The third kappa shape index (κ3) is 2.52. The Morgan fingerprint density at radius 1 is 1.30 bits per heavy atom. The molecule has 6 heteroatoms. The number of aromatic nitrogens is 3. The molecule has 2 fully saturated rings. The van der Waals surface area contributed by atoms with Gasteiger partial charge in [0.25, 0.3) is 5.91 Å². The number of hydrogen-bond donors (Lipinski definition) is 0. The van der Waals surface area contributed by atoms with Crippen molar-refractivity contribution < 1.29 is 9.32 Å². The molecule has 2 aromatic heterocycles. The van der Waals surface area contributed by atoms with Crippen molar-refractivity contribution in [2.24, 2.45) is 0 Å². The molecule has 0 bridgehead atoms. The Kier molecular flexibility index (Phi) is 3.39. The highest BCUT2D eigenvalue weighted by atomic mass is 16.5. The van der Waals surface area contributed by atoms with Gasteiger partial charge in [-0.2, -0.15) is 4.98 Å². The van der Waals surface area contributed by atoms with Crippen LogP contribution in [-0.4, -0.2) is 32.5 Å². The predicted octanol–water partition coefficient (Wildman–Crippen LogP) is 2.88. The summed E-state index contributed by atoms with van der Waals surface area (Å²) in [5, 5.41) is 4.21. The fraction of sp³-hybridized carbons (Fsp3) is 0.529. The molecule has 6 nitrogen and oxygen atoms in total. The maximum atomic E-state index is 13.0. The number of likely N-dealkylation sites (tertiary alicyclic amines) is 1. The third-order valence-electron chi connectivity index (χ3n) is 4.91. The first-order valence-corrected chi connectivity index (χ1v) is 8.24. The van der Waals surface area contributed by atoms with Gasteiger partial charge in [0.05, 0.1) is 0 Å². The monoisotopic (exact) mass is 312 g/mol. The van der Waals surface area contributed by atoms with Crippen LogP contribution in [0.25, 0.3) is 0 Å². The molecular formula is C17H20N4O2. The summed E-state index contributed by atoms with van der Waals surface area (Å²) in [6, 6.07) is 3.51. The summed E-state index contributed by atoms with van der Waals surface area (Å²) in [4.78, 5) is 23.4. The van der Waals surface area contributed by atoms with Gasteiger partial charge in [-0.1, -0.05) is 5.16 Å². The lowest BCUT2D eigenvalue weighted by atomic mass is 9.87. The van der Waals surface area contributed by atoms with Crippen LogP contribution in [0, 0.1) is 0 Å². The molecule has 120 valence electrons. The van der Waals surface area contributed by atoms with Crippen LogP contribution in [-0.2, 0) is 5.54 Å². The van der Waals surface area contributed by atoms with Crippen molar-refractivity contribution in [1.29, 1.82) is 0 Å². The van der Waals surface area contributed by atoms with Gasteiger partial charge in [-0.3, -0.25) is 9.78 Å². The molecule has 0 spiro atoms. The smallest absolute Gasteiger partial charge is 0.254 e. The topological polar surface area (TPSA) is 72.1 Å². The molecular weight excluding hydrogens is 292 g/mol. The fourth-order valence-corrected chi connectivity index (χ4v) is 3.28. The zero-order valence-electron chi connectivity index (χ0n) is 13.2. The van der Waals surface area contributed by atoms with Gasteiger partial charge >= 0.3 is 0 Å². The average molecular weight is 312 g/mol. The Hall–Kier alpha value is -2.24. The highest BCUT2D eigenvalue weighted by molar-refractivity contribution is 5.94. The summed E-state index contributed by atoms with van der Waals surface area (Å²) in [6.45, 7) is 2.76. The first kappa shape index (κ1) is 14.4. The van der Waals surface area contributed by atoms with Gasteiger partial charge in [0, 0.05) is 30.4 Å². The third-order valence-corrected chi connectivity index (χ3v) is 4.91. The van der Waals surface area contributed by atoms with E-state index >= 15 is 0 Å². The largest absolute Gasteiger partial charge is 0.339 e. The Bertz CT molecular complexity index is 710. The second-order valence-electron chi connectivity index (χ2n) is 6.65. The van der Waals surface area contributed by atoms with Crippen LogP contribution in [0.1, 0.15) is 67.0 Å². The van der Waals surface area contributed by atoms with Crippen molar-refractivity contribution in [1.82, 2.24) is 20.0 Å². The van der Waals surface area contributed by atoms with Crippen molar-refractivity contribution in [3.05, 3.63) is 41.8 Å². The van der Waals surface area contributed by atoms with Gasteiger partial charge in [0.1, 0.15) is 5.54 Å². The molecule has 1 unspecified atom stereocenters. The molecule has 1 amide bonds. The minimum absolute atomic E-state index is 0.00683. The van der Waals surface area contributed by atoms with Crippen molar-refractivity contribution in [2.75, 3.05) is 6.54 Å². The van der Waals surface area contributed by atoms with Crippen molar-refractivity contribution in [3.8, 4) is 0 Å². The lowest BCUT2D eigenvalue weighted by molar-refractivity contribution is 0.0325. The maximum Gasteiger partial charge on any atom is 0.254 e. The van der Waals surface area contributed by atoms with Gasteiger partial charge in [-0.15, -0.1) is 0 Å². The Morgan fingerprint density at radius 2 is 2.09 bits per heavy atom. The summed E-state index contributed by atoms with van der Waals surface area (Å²) in [7, 11) is 0. The Labute approximate surface area is 134 Å². The van der Waals surface area contributed by atoms with Gasteiger partial charge < -0.3 is 9.42 Å². The lowest BCUT2D eigenvalue weighted by Crippen LogP contribution is -2.51. The molecule has 0 aromatic carbocycles. The molecule has 23 heavy (non-hydrogen) atoms. The zero-order valence-corrected chi connectivity index (χ0v) is 13.2. The summed E-state index contributed by atoms with van der Waals surface area (Å²) >= 11 is 0. The SMILES string of the molecule is CC1(c2noc(C3CC3)n2)CCCCN1C(=O)c1ccncc1. The van der Waals surface area contributed by atoms with Crippen LogP contribution >= 0.6 is 0 Å². The molecule has 1 atom stereocenters. The van der Waals surface area contributed by atoms with Gasteiger partial charge in [0.2, 0.25) is 5.89 Å². The zero-order chi connectivity index (χ0) is 15.9. The number of amides is 1. The Balaban J connectivity index is 1.67. The highest BCUT2D eigenvalue weighted by Crippen LogP contribution is 2.41. The van der Waals surface area contributed by atoms with E-state index in [1.807, 2.05) is 11.8 Å². The molecule has 3 heterocycles. The van der Waals surface area contributed by atoms with E-state index in [0.717, 1.165) is 38.0 Å². The molecule has 1 aliphatic carbocycles. The van der Waals surface area contributed by atoms with Gasteiger partial charge in [0.15, 0.2) is 5.82 Å². The van der Waals surface area contributed by atoms with Crippen LogP contribution in [0.15, 0.2) is 29.0 Å². The molecule has 0 N–H and O–H groups in total. The number of rotatable bonds is 3. The van der Waals surface area contributed by atoms with Crippen molar-refractivity contribution >= 4 is 5.91 Å². The van der Waals surface area contributed by atoms with E-state index in [0.29, 0.717) is 23.9 Å². The van der Waals surface area contributed by atoms with Crippen LogP contribution < -0.4 is 0 Å². The van der Waals surface area contributed by atoms with E-state index in [2.05, 4.69) is 15.1 Å². The van der Waals surface area contributed by atoms with Crippen molar-refractivity contribution in [3.63, 3.8) is 0 Å². The van der Waals surface area contributed by atoms with E-state index in [4.69, 9.17) is 4.52 Å². The van der Waals surface area contributed by atoms with E-state index in [1.54, 1.807) is 24.5 Å². The minimum Gasteiger partial charge on any atom is -0.339 e. The summed E-state index contributed by atoms with van der Waals surface area (Å²) in [5.41, 5.74) is 0.147. The van der Waals surface area contributed by atoms with Crippen LogP contribution in [0.3, 0.4) is 0 Å². The molecule has 0 radical (unpaired) electrons. The van der Waals surface area contributed by atoms with Crippen LogP contribution in [0.5, 0.6) is 0 Å². The number of nitrogens with zero attached hydrogens (tertiary/aromatic N) is 4. The van der Waals surface area contributed by atoms with E-state index in [9.17, 15) is 4.79 Å². The predicted molar refractivity (Wildman–Crippen MR) is 82.7 cm³/mol. The molecule has 2 aliphatic rings. The molecule has 1 saturated carbocycles. The number of carbonyl (C=O) groups is 1. The number of carbonyl (C=O) groups excluding carboxylic acids is 1. The first-order chi connectivity index (χ1) is 11.2. The average Bonchev–Trinajstić information content (AvgIpc) is 3.32. The summed E-state index contributed by atoms with van der Waals surface area (Å²) in [5.74, 6) is 1.80. The van der Waals surface area contributed by atoms with Crippen LogP contribution in [0.2, 0.25) is 0 Å². The van der Waals surface area contributed by atoms with E-state index < -0.39 is 5.54 Å². The second kappa shape index (κ2) is 5.44. The van der Waals surface area contributed by atoms with E-state index in [1.165, 1.54) is 0 Å². The quantitative estimate of drug-likeness (QED) is 0.871.